The molecule has 0 saturated carbocycles. The van der Waals surface area contributed by atoms with E-state index in [1.165, 1.54) is 13.8 Å². The van der Waals surface area contributed by atoms with Gasteiger partial charge in [0.25, 0.3) is 0 Å². The van der Waals surface area contributed by atoms with Crippen molar-refractivity contribution in [1.82, 2.24) is 5.32 Å². The van der Waals surface area contributed by atoms with E-state index in [1.807, 2.05) is 0 Å². The SMILES string of the molecule is CC(=O)NC1C(O)OC2COC(C)(C)OC2C1OC(C)=O. The highest BCUT2D eigenvalue weighted by molar-refractivity contribution is 5.73. The van der Waals surface area contributed by atoms with Crippen molar-refractivity contribution in [2.45, 2.75) is 64.1 Å². The standard InChI is InChI=1S/C13H21NO7/c1-6(15)14-9-11(19-7(2)16)10-8(20-12(9)17)5-18-13(3,4)21-10/h8-12,17H,5H2,1-4H3,(H,14,15). The first-order valence-corrected chi connectivity index (χ1v) is 6.79. The molecule has 8 nitrogen and oxygen atoms in total. The summed E-state index contributed by atoms with van der Waals surface area (Å²) in [6, 6.07) is -0.901. The lowest BCUT2D eigenvalue weighted by molar-refractivity contribution is -0.364. The fraction of sp³-hybridized carbons (Fsp3) is 0.846. The number of hydrogen-bond donors (Lipinski definition) is 2. The molecule has 0 bridgehead atoms. The van der Waals surface area contributed by atoms with Gasteiger partial charge in [-0.25, -0.2) is 0 Å². The maximum absolute atomic E-state index is 11.3. The van der Waals surface area contributed by atoms with E-state index < -0.39 is 42.4 Å². The van der Waals surface area contributed by atoms with Crippen LogP contribution in [0.25, 0.3) is 0 Å². The van der Waals surface area contributed by atoms with Gasteiger partial charge in [0.1, 0.15) is 18.2 Å². The summed E-state index contributed by atoms with van der Waals surface area (Å²) >= 11 is 0. The van der Waals surface area contributed by atoms with E-state index in [-0.39, 0.29) is 12.5 Å². The molecule has 0 aromatic heterocycles. The van der Waals surface area contributed by atoms with Crippen LogP contribution in [0.2, 0.25) is 0 Å². The Labute approximate surface area is 122 Å². The largest absolute Gasteiger partial charge is 0.457 e. The van der Waals surface area contributed by atoms with Crippen LogP contribution in [0.3, 0.4) is 0 Å². The Kier molecular flexibility index (Phi) is 4.52. The Morgan fingerprint density at radius 3 is 2.57 bits per heavy atom. The number of esters is 1. The number of hydrogen-bond acceptors (Lipinski definition) is 7. The molecular weight excluding hydrogens is 282 g/mol. The summed E-state index contributed by atoms with van der Waals surface area (Å²) < 4.78 is 21.9. The molecule has 120 valence electrons. The fourth-order valence-electron chi connectivity index (χ4n) is 2.56. The molecule has 2 saturated heterocycles. The lowest BCUT2D eigenvalue weighted by Gasteiger charge is -2.49. The van der Waals surface area contributed by atoms with Gasteiger partial charge in [0, 0.05) is 13.8 Å². The number of carbonyl (C=O) groups is 2. The van der Waals surface area contributed by atoms with Gasteiger partial charge in [-0.05, 0) is 13.8 Å². The lowest BCUT2D eigenvalue weighted by Crippen LogP contribution is -2.68. The van der Waals surface area contributed by atoms with Crippen molar-refractivity contribution in [2.24, 2.45) is 0 Å². The average Bonchev–Trinajstić information content (AvgIpc) is 2.33. The second-order valence-electron chi connectivity index (χ2n) is 5.66. The second kappa shape index (κ2) is 5.88. The Morgan fingerprint density at radius 2 is 2.00 bits per heavy atom. The van der Waals surface area contributed by atoms with Crippen molar-refractivity contribution in [3.05, 3.63) is 0 Å². The molecule has 5 unspecified atom stereocenters. The van der Waals surface area contributed by atoms with Gasteiger partial charge in [-0.1, -0.05) is 0 Å². The molecule has 2 heterocycles. The topological polar surface area (TPSA) is 103 Å². The van der Waals surface area contributed by atoms with Crippen LogP contribution in [-0.4, -0.2) is 60.0 Å². The number of aliphatic hydroxyl groups is 1. The molecule has 2 aliphatic rings. The first kappa shape index (κ1) is 16.2. The molecule has 0 aromatic carbocycles. The molecule has 2 rings (SSSR count). The monoisotopic (exact) mass is 303 g/mol. The minimum Gasteiger partial charge on any atom is -0.457 e. The number of rotatable bonds is 2. The van der Waals surface area contributed by atoms with Gasteiger partial charge in [-0.3, -0.25) is 9.59 Å². The Bertz CT molecular complexity index is 425. The number of ether oxygens (including phenoxy) is 4. The van der Waals surface area contributed by atoms with E-state index >= 15 is 0 Å². The molecule has 2 N–H and O–H groups in total. The van der Waals surface area contributed by atoms with Crippen molar-refractivity contribution >= 4 is 11.9 Å². The van der Waals surface area contributed by atoms with Gasteiger partial charge >= 0.3 is 5.97 Å². The minimum atomic E-state index is -1.31. The summed E-state index contributed by atoms with van der Waals surface area (Å²) in [6.07, 6.45) is -3.39. The molecule has 0 aliphatic carbocycles. The van der Waals surface area contributed by atoms with Crippen LogP contribution in [0.4, 0.5) is 0 Å². The van der Waals surface area contributed by atoms with Gasteiger partial charge in [0.15, 0.2) is 18.2 Å². The predicted molar refractivity (Wildman–Crippen MR) is 68.9 cm³/mol. The molecule has 0 radical (unpaired) electrons. The van der Waals surface area contributed by atoms with Crippen molar-refractivity contribution < 1.29 is 33.6 Å². The Hall–Kier alpha value is -1.22. The van der Waals surface area contributed by atoms with Gasteiger partial charge in [0.2, 0.25) is 5.91 Å². The van der Waals surface area contributed by atoms with Crippen LogP contribution in [0.1, 0.15) is 27.7 Å². The first-order chi connectivity index (χ1) is 9.69. The van der Waals surface area contributed by atoms with Gasteiger partial charge in [-0.2, -0.15) is 0 Å². The van der Waals surface area contributed by atoms with Crippen LogP contribution in [-0.2, 0) is 28.5 Å². The third-order valence-corrected chi connectivity index (χ3v) is 3.35. The quantitative estimate of drug-likeness (QED) is 0.650. The molecular formula is C13H21NO7. The smallest absolute Gasteiger partial charge is 0.303 e. The lowest BCUT2D eigenvalue weighted by atomic mass is 9.95. The molecule has 8 heteroatoms. The van der Waals surface area contributed by atoms with Crippen LogP contribution in [0.15, 0.2) is 0 Å². The molecule has 0 aromatic rings. The van der Waals surface area contributed by atoms with Crippen LogP contribution in [0.5, 0.6) is 0 Å². The number of fused-ring (bicyclic) bond motifs is 1. The highest BCUT2D eigenvalue weighted by atomic mass is 16.7. The zero-order valence-corrected chi connectivity index (χ0v) is 12.5. The van der Waals surface area contributed by atoms with E-state index in [1.54, 1.807) is 13.8 Å². The zero-order chi connectivity index (χ0) is 15.8. The van der Waals surface area contributed by atoms with Gasteiger partial charge in [-0.15, -0.1) is 0 Å². The van der Waals surface area contributed by atoms with Crippen LogP contribution < -0.4 is 5.32 Å². The number of carbonyl (C=O) groups excluding carboxylic acids is 2. The number of aliphatic hydroxyl groups excluding tert-OH is 1. The highest BCUT2D eigenvalue weighted by Gasteiger charge is 2.52. The summed E-state index contributed by atoms with van der Waals surface area (Å²) in [5.74, 6) is -1.77. The molecule has 2 aliphatic heterocycles. The van der Waals surface area contributed by atoms with E-state index in [2.05, 4.69) is 5.32 Å². The number of amides is 1. The van der Waals surface area contributed by atoms with Crippen LogP contribution in [0, 0.1) is 0 Å². The average molecular weight is 303 g/mol. The summed E-state index contributed by atoms with van der Waals surface area (Å²) in [5, 5.41) is 12.6. The van der Waals surface area contributed by atoms with Crippen molar-refractivity contribution in [3.63, 3.8) is 0 Å². The van der Waals surface area contributed by atoms with E-state index in [4.69, 9.17) is 18.9 Å². The normalized spacial score (nSPS) is 38.2. The summed E-state index contributed by atoms with van der Waals surface area (Å²) in [7, 11) is 0. The first-order valence-electron chi connectivity index (χ1n) is 6.79. The van der Waals surface area contributed by atoms with Crippen LogP contribution >= 0.6 is 0 Å². The third kappa shape index (κ3) is 3.70. The molecule has 21 heavy (non-hydrogen) atoms. The number of nitrogens with one attached hydrogen (secondary N) is 1. The second-order valence-corrected chi connectivity index (χ2v) is 5.66. The van der Waals surface area contributed by atoms with E-state index in [0.29, 0.717) is 0 Å². The molecule has 5 atom stereocenters. The summed E-state index contributed by atoms with van der Waals surface area (Å²) in [4.78, 5) is 22.6. The maximum atomic E-state index is 11.3. The summed E-state index contributed by atoms with van der Waals surface area (Å²) in [6.45, 7) is 6.21. The Morgan fingerprint density at radius 1 is 1.33 bits per heavy atom. The predicted octanol–water partition coefficient (Wildman–Crippen LogP) is -0.708. The maximum Gasteiger partial charge on any atom is 0.303 e. The molecule has 2 fully saturated rings. The van der Waals surface area contributed by atoms with E-state index in [0.717, 1.165) is 0 Å². The zero-order valence-electron chi connectivity index (χ0n) is 12.5. The van der Waals surface area contributed by atoms with Crippen molar-refractivity contribution in [3.8, 4) is 0 Å². The highest BCUT2D eigenvalue weighted by Crippen LogP contribution is 2.33. The van der Waals surface area contributed by atoms with Crippen molar-refractivity contribution in [1.29, 1.82) is 0 Å². The molecule has 1 amide bonds. The minimum absolute atomic E-state index is 0.194. The third-order valence-electron chi connectivity index (χ3n) is 3.35. The van der Waals surface area contributed by atoms with Gasteiger partial charge < -0.3 is 29.4 Å². The van der Waals surface area contributed by atoms with Crippen molar-refractivity contribution in [2.75, 3.05) is 6.61 Å². The fourth-order valence-corrected chi connectivity index (χ4v) is 2.56. The van der Waals surface area contributed by atoms with Gasteiger partial charge in [0.05, 0.1) is 6.61 Å². The summed E-state index contributed by atoms with van der Waals surface area (Å²) in [5.41, 5.74) is 0. The van der Waals surface area contributed by atoms with E-state index in [9.17, 15) is 14.7 Å². The Balaban J connectivity index is 2.25. The molecule has 0 spiro atoms.